The molecule has 5 heteroatoms. The summed E-state index contributed by atoms with van der Waals surface area (Å²) < 4.78 is 12.9. The normalized spacial score (nSPS) is 11.9. The minimum atomic E-state index is 0.571. The highest BCUT2D eigenvalue weighted by Gasteiger charge is 2.21. The molecule has 260 valence electrons. The Morgan fingerprint density at radius 3 is 1.59 bits per heavy atom. The van der Waals surface area contributed by atoms with Gasteiger partial charge in [0.2, 0.25) is 0 Å². The molecule has 12 aromatic rings. The lowest BCUT2D eigenvalue weighted by molar-refractivity contribution is 0.668. The molecule has 0 aliphatic heterocycles. The number of aromatic nitrogens is 3. The van der Waals surface area contributed by atoms with Gasteiger partial charge in [-0.3, -0.25) is 0 Å². The van der Waals surface area contributed by atoms with Crippen LogP contribution in [0, 0.1) is 0 Å². The summed E-state index contributed by atoms with van der Waals surface area (Å²) in [6, 6.07) is 61.1. The van der Waals surface area contributed by atoms with Gasteiger partial charge in [-0.2, -0.15) is 0 Å². The monoisotopic (exact) mass is 715 g/mol. The molecular formula is C51H29N3O2. The minimum Gasteiger partial charge on any atom is -0.456 e. The van der Waals surface area contributed by atoms with Crippen LogP contribution in [0.25, 0.3) is 121 Å². The van der Waals surface area contributed by atoms with E-state index in [4.69, 9.17) is 23.8 Å². The second-order valence-corrected chi connectivity index (χ2v) is 14.4. The van der Waals surface area contributed by atoms with Crippen LogP contribution < -0.4 is 0 Å². The van der Waals surface area contributed by atoms with E-state index in [0.29, 0.717) is 17.5 Å². The molecule has 56 heavy (non-hydrogen) atoms. The molecule has 0 aliphatic rings. The number of rotatable bonds is 4. The van der Waals surface area contributed by atoms with Crippen LogP contribution >= 0.6 is 0 Å². The van der Waals surface area contributed by atoms with Gasteiger partial charge in [-0.15, -0.1) is 0 Å². The highest BCUT2D eigenvalue weighted by Crippen LogP contribution is 2.41. The Hall–Kier alpha value is -7.63. The van der Waals surface area contributed by atoms with Gasteiger partial charge in [0.25, 0.3) is 0 Å². The third-order valence-electron chi connectivity index (χ3n) is 11.1. The van der Waals surface area contributed by atoms with Crippen molar-refractivity contribution in [3.05, 3.63) is 176 Å². The zero-order valence-corrected chi connectivity index (χ0v) is 29.9. The van der Waals surface area contributed by atoms with E-state index in [1.165, 1.54) is 21.5 Å². The van der Waals surface area contributed by atoms with Gasteiger partial charge in [0, 0.05) is 38.2 Å². The van der Waals surface area contributed by atoms with Gasteiger partial charge in [-0.05, 0) is 85.9 Å². The quantitative estimate of drug-likeness (QED) is 0.170. The Morgan fingerprint density at radius 2 is 0.804 bits per heavy atom. The zero-order valence-electron chi connectivity index (χ0n) is 29.9. The molecule has 0 aliphatic carbocycles. The van der Waals surface area contributed by atoms with Crippen molar-refractivity contribution in [2.24, 2.45) is 0 Å². The van der Waals surface area contributed by atoms with Crippen molar-refractivity contribution in [2.75, 3.05) is 0 Å². The van der Waals surface area contributed by atoms with Gasteiger partial charge < -0.3 is 8.83 Å². The molecule has 0 saturated heterocycles. The zero-order chi connectivity index (χ0) is 36.7. The summed E-state index contributed by atoms with van der Waals surface area (Å²) in [5.74, 6) is 1.74. The SMILES string of the molecule is c1ccc2cc(-c3nc(-c4cccc5oc6ccccc6c45)nc(-c4cccc5oc6cc(-c7ccc8ccc9ccccc9c8c7)ccc6c45)n3)ccc2c1. The third-order valence-corrected chi connectivity index (χ3v) is 11.1. The molecule has 0 spiro atoms. The van der Waals surface area contributed by atoms with Gasteiger partial charge in [-0.25, -0.2) is 15.0 Å². The molecule has 0 saturated carbocycles. The van der Waals surface area contributed by atoms with Gasteiger partial charge in [0.05, 0.1) is 0 Å². The Balaban J connectivity index is 1.06. The number of para-hydroxylation sites is 1. The Kier molecular flexibility index (Phi) is 6.56. The van der Waals surface area contributed by atoms with Crippen molar-refractivity contribution >= 4 is 76.2 Å². The molecule has 0 fully saturated rings. The Morgan fingerprint density at radius 1 is 0.286 bits per heavy atom. The van der Waals surface area contributed by atoms with Crippen LogP contribution in [-0.2, 0) is 0 Å². The van der Waals surface area contributed by atoms with Crippen LogP contribution in [0.15, 0.2) is 185 Å². The fraction of sp³-hybridized carbons (Fsp3) is 0. The topological polar surface area (TPSA) is 65.0 Å². The number of benzene rings is 9. The van der Waals surface area contributed by atoms with Crippen LogP contribution in [-0.4, -0.2) is 15.0 Å². The number of hydrogen-bond acceptors (Lipinski definition) is 5. The summed E-state index contributed by atoms with van der Waals surface area (Å²) in [5.41, 5.74) is 8.10. The first-order chi connectivity index (χ1) is 27.7. The van der Waals surface area contributed by atoms with Crippen molar-refractivity contribution in [1.82, 2.24) is 15.0 Å². The fourth-order valence-electron chi connectivity index (χ4n) is 8.41. The average Bonchev–Trinajstić information content (AvgIpc) is 3.84. The highest BCUT2D eigenvalue weighted by molar-refractivity contribution is 6.14. The van der Waals surface area contributed by atoms with Crippen LogP contribution in [0.4, 0.5) is 0 Å². The van der Waals surface area contributed by atoms with E-state index in [0.717, 1.165) is 82.5 Å². The van der Waals surface area contributed by atoms with Crippen molar-refractivity contribution in [1.29, 1.82) is 0 Å². The smallest absolute Gasteiger partial charge is 0.164 e. The molecule has 0 N–H and O–H groups in total. The number of hydrogen-bond donors (Lipinski definition) is 0. The van der Waals surface area contributed by atoms with Gasteiger partial charge >= 0.3 is 0 Å². The minimum absolute atomic E-state index is 0.571. The molecule has 0 unspecified atom stereocenters. The summed E-state index contributed by atoms with van der Waals surface area (Å²) in [6.07, 6.45) is 0. The first kappa shape index (κ1) is 30.8. The van der Waals surface area contributed by atoms with Crippen molar-refractivity contribution in [2.45, 2.75) is 0 Å². The summed E-state index contributed by atoms with van der Waals surface area (Å²) in [6.45, 7) is 0. The standard InChI is InChI=1S/C51H29N3O2/c1-2-11-33-27-36(24-19-30(33)9-1)49-52-50(40-14-7-17-44-47(40)38-13-5-6-16-43(38)55-44)54-51(53-49)41-15-8-18-45-48(41)39-26-25-35(29-46(39)56-45)34-23-22-32-21-20-31-10-3-4-12-37(31)42(32)28-34/h1-29H. The third kappa shape index (κ3) is 4.78. The average molecular weight is 716 g/mol. The fourth-order valence-corrected chi connectivity index (χ4v) is 8.41. The summed E-state index contributed by atoms with van der Waals surface area (Å²) >= 11 is 0. The molecule has 3 heterocycles. The summed E-state index contributed by atoms with van der Waals surface area (Å²) in [4.78, 5) is 15.6. The Labute approximate surface area is 320 Å². The maximum absolute atomic E-state index is 6.62. The number of fused-ring (bicyclic) bond motifs is 10. The lowest BCUT2D eigenvalue weighted by atomic mass is 9.96. The van der Waals surface area contributed by atoms with Crippen LogP contribution in [0.3, 0.4) is 0 Å². The molecule has 0 atom stereocenters. The van der Waals surface area contributed by atoms with Crippen molar-refractivity contribution in [3.8, 4) is 45.3 Å². The lowest BCUT2D eigenvalue weighted by Gasteiger charge is -2.10. The molecule has 12 rings (SSSR count). The van der Waals surface area contributed by atoms with E-state index in [1.807, 2.05) is 42.5 Å². The van der Waals surface area contributed by atoms with Crippen LogP contribution in [0.1, 0.15) is 0 Å². The predicted molar refractivity (Wildman–Crippen MR) is 229 cm³/mol. The number of furan rings is 2. The van der Waals surface area contributed by atoms with E-state index in [9.17, 15) is 0 Å². The van der Waals surface area contributed by atoms with Crippen LogP contribution in [0.2, 0.25) is 0 Å². The largest absolute Gasteiger partial charge is 0.456 e. The highest BCUT2D eigenvalue weighted by atomic mass is 16.3. The molecule has 5 nitrogen and oxygen atoms in total. The van der Waals surface area contributed by atoms with E-state index >= 15 is 0 Å². The summed E-state index contributed by atoms with van der Waals surface area (Å²) in [7, 11) is 0. The molecule has 0 amide bonds. The predicted octanol–water partition coefficient (Wildman–Crippen LogP) is 13.8. The second-order valence-electron chi connectivity index (χ2n) is 14.4. The lowest BCUT2D eigenvalue weighted by Crippen LogP contribution is -2.00. The molecule has 0 radical (unpaired) electrons. The second kappa shape index (κ2) is 11.9. The van der Waals surface area contributed by atoms with Crippen LogP contribution in [0.5, 0.6) is 0 Å². The maximum Gasteiger partial charge on any atom is 0.164 e. The first-order valence-electron chi connectivity index (χ1n) is 18.8. The van der Waals surface area contributed by atoms with Gasteiger partial charge in [0.15, 0.2) is 17.5 Å². The maximum atomic E-state index is 6.62. The van der Waals surface area contributed by atoms with E-state index < -0.39 is 0 Å². The molecule has 3 aromatic heterocycles. The van der Waals surface area contributed by atoms with Crippen molar-refractivity contribution in [3.63, 3.8) is 0 Å². The summed E-state index contributed by atoms with van der Waals surface area (Å²) in [5, 5.41) is 11.2. The van der Waals surface area contributed by atoms with E-state index in [1.54, 1.807) is 0 Å². The molecular weight excluding hydrogens is 687 g/mol. The Bertz CT molecular complexity index is 3560. The molecule has 9 aromatic carbocycles. The van der Waals surface area contributed by atoms with E-state index in [2.05, 4.69) is 133 Å². The van der Waals surface area contributed by atoms with Gasteiger partial charge in [-0.1, -0.05) is 133 Å². The molecule has 0 bridgehead atoms. The van der Waals surface area contributed by atoms with Crippen molar-refractivity contribution < 1.29 is 8.83 Å². The van der Waals surface area contributed by atoms with Gasteiger partial charge in [0.1, 0.15) is 22.3 Å². The van der Waals surface area contributed by atoms with E-state index in [-0.39, 0.29) is 0 Å². The first-order valence-corrected chi connectivity index (χ1v) is 18.8. The number of nitrogens with zero attached hydrogens (tertiary/aromatic N) is 3.